The van der Waals surface area contributed by atoms with Gasteiger partial charge in [0.1, 0.15) is 17.4 Å². The van der Waals surface area contributed by atoms with Crippen LogP contribution in [0.2, 0.25) is 0 Å². The molecule has 1 aliphatic heterocycles. The minimum Gasteiger partial charge on any atom is -0.480 e. The molecule has 1 aromatic carbocycles. The Morgan fingerprint density at radius 3 is 2.64 bits per heavy atom. The van der Waals surface area contributed by atoms with E-state index in [1.54, 1.807) is 11.8 Å². The number of amides is 1. The Morgan fingerprint density at radius 2 is 2.03 bits per heavy atom. The van der Waals surface area contributed by atoms with E-state index in [0.29, 0.717) is 0 Å². The molecule has 0 spiro atoms. The first-order valence-corrected chi connectivity index (χ1v) is 11.5. The maximum atomic E-state index is 13.7. The first-order chi connectivity index (χ1) is 15.7. The molecule has 0 saturated carbocycles. The topological polar surface area (TPSA) is 139 Å². The monoisotopic (exact) mass is 476 g/mol. The molecule has 2 heterocycles. The van der Waals surface area contributed by atoms with E-state index in [9.17, 15) is 27.7 Å². The zero-order chi connectivity index (χ0) is 24.2. The minimum absolute atomic E-state index is 0.00583. The summed E-state index contributed by atoms with van der Waals surface area (Å²) >= 11 is 0. The largest absolute Gasteiger partial charge is 0.480 e. The van der Waals surface area contributed by atoms with Crippen LogP contribution in [0.5, 0.6) is 5.88 Å². The zero-order valence-electron chi connectivity index (χ0n) is 17.9. The zero-order valence-corrected chi connectivity index (χ0v) is 18.7. The summed E-state index contributed by atoms with van der Waals surface area (Å²) < 4.78 is 50.3. The number of nitrogens with one attached hydrogen (secondary N) is 1. The van der Waals surface area contributed by atoms with Gasteiger partial charge in [0.2, 0.25) is 21.8 Å². The number of aromatic nitrogens is 1. The summed E-state index contributed by atoms with van der Waals surface area (Å²) in [4.78, 5) is 30.3. The lowest BCUT2D eigenvalue weighted by molar-refractivity contribution is -0.123. The number of carbonyl (C=O) groups excluding carboxylic acids is 2. The summed E-state index contributed by atoms with van der Waals surface area (Å²) in [5.41, 5.74) is 0.0169. The Labute approximate surface area is 190 Å². The standard InChI is InChI=1S/C21H21FN4O6S/c1-3-32-21(28)16-8-14(9-23)18(24-20(16)31-2)26-10-15(11-26)19(27)25-33(29,30)12-13-6-4-5-7-17(13)22/h4-8,15H,3,10-12H2,1-2H3,(H,25,27). The Balaban J connectivity index is 1.69. The number of ether oxygens (including phenoxy) is 2. The van der Waals surface area contributed by atoms with Gasteiger partial charge in [0.15, 0.2) is 5.82 Å². The number of methoxy groups -OCH3 is 1. The van der Waals surface area contributed by atoms with E-state index in [0.717, 1.165) is 6.07 Å². The lowest BCUT2D eigenvalue weighted by Gasteiger charge is -2.39. The van der Waals surface area contributed by atoms with Gasteiger partial charge in [-0.15, -0.1) is 0 Å². The number of carbonyl (C=O) groups is 2. The van der Waals surface area contributed by atoms with Crippen molar-refractivity contribution in [3.63, 3.8) is 0 Å². The van der Waals surface area contributed by atoms with Crippen LogP contribution >= 0.6 is 0 Å². The highest BCUT2D eigenvalue weighted by molar-refractivity contribution is 7.89. The fraction of sp³-hybridized carbons (Fsp3) is 0.333. The third kappa shape index (κ3) is 5.38. The van der Waals surface area contributed by atoms with Crippen molar-refractivity contribution < 1.29 is 31.9 Å². The Kier molecular flexibility index (Phi) is 7.13. The van der Waals surface area contributed by atoms with Gasteiger partial charge in [-0.25, -0.2) is 17.6 Å². The fourth-order valence-corrected chi connectivity index (χ4v) is 4.42. The maximum absolute atomic E-state index is 13.7. The predicted octanol–water partition coefficient (Wildman–Crippen LogP) is 1.36. The number of pyridine rings is 1. The van der Waals surface area contributed by atoms with E-state index in [1.807, 2.05) is 10.8 Å². The van der Waals surface area contributed by atoms with Crippen LogP contribution < -0.4 is 14.4 Å². The van der Waals surface area contributed by atoms with E-state index < -0.39 is 39.4 Å². The number of anilines is 1. The van der Waals surface area contributed by atoms with Crippen LogP contribution in [0.15, 0.2) is 30.3 Å². The van der Waals surface area contributed by atoms with Crippen molar-refractivity contribution in [1.29, 1.82) is 5.26 Å². The van der Waals surface area contributed by atoms with Crippen LogP contribution in [0, 0.1) is 23.1 Å². The van der Waals surface area contributed by atoms with E-state index in [2.05, 4.69) is 4.98 Å². The van der Waals surface area contributed by atoms with Gasteiger partial charge in [0.05, 0.1) is 31.0 Å². The normalized spacial score (nSPS) is 13.6. The van der Waals surface area contributed by atoms with E-state index >= 15 is 0 Å². The number of rotatable bonds is 8. The average molecular weight is 476 g/mol. The predicted molar refractivity (Wildman–Crippen MR) is 114 cm³/mol. The molecule has 33 heavy (non-hydrogen) atoms. The van der Waals surface area contributed by atoms with Crippen LogP contribution in [-0.4, -0.2) is 52.1 Å². The summed E-state index contributed by atoms with van der Waals surface area (Å²) in [7, 11) is -2.79. The molecular formula is C21H21FN4O6S. The minimum atomic E-state index is -4.10. The van der Waals surface area contributed by atoms with Crippen LogP contribution in [0.25, 0.3) is 0 Å². The van der Waals surface area contributed by atoms with Crippen molar-refractivity contribution >= 4 is 27.7 Å². The maximum Gasteiger partial charge on any atom is 0.343 e. The number of hydrogen-bond donors (Lipinski definition) is 1. The molecule has 3 rings (SSSR count). The van der Waals surface area contributed by atoms with Crippen LogP contribution in [0.1, 0.15) is 28.4 Å². The fourth-order valence-electron chi connectivity index (χ4n) is 3.23. The SMILES string of the molecule is CCOC(=O)c1cc(C#N)c(N2CC(C(=O)NS(=O)(=O)Cc3ccccc3F)C2)nc1OC. The third-order valence-corrected chi connectivity index (χ3v) is 6.09. The van der Waals surface area contributed by atoms with Gasteiger partial charge < -0.3 is 14.4 Å². The second-order valence-electron chi connectivity index (χ2n) is 7.17. The van der Waals surface area contributed by atoms with Crippen molar-refractivity contribution in [2.45, 2.75) is 12.7 Å². The number of sulfonamides is 1. The van der Waals surface area contributed by atoms with Crippen molar-refractivity contribution in [1.82, 2.24) is 9.71 Å². The summed E-state index contributed by atoms with van der Waals surface area (Å²) in [5, 5.41) is 9.48. The van der Waals surface area contributed by atoms with Gasteiger partial charge in [0.25, 0.3) is 0 Å². The first kappa shape index (κ1) is 23.9. The van der Waals surface area contributed by atoms with Crippen LogP contribution in [0.3, 0.4) is 0 Å². The molecule has 0 bridgehead atoms. The van der Waals surface area contributed by atoms with Gasteiger partial charge in [-0.3, -0.25) is 9.52 Å². The molecule has 0 radical (unpaired) electrons. The molecule has 1 aromatic heterocycles. The molecule has 0 atom stereocenters. The molecule has 10 nitrogen and oxygen atoms in total. The number of esters is 1. The van der Waals surface area contributed by atoms with Crippen LogP contribution in [0.4, 0.5) is 10.2 Å². The number of benzene rings is 1. The van der Waals surface area contributed by atoms with Crippen molar-refractivity contribution in [2.24, 2.45) is 5.92 Å². The summed E-state index contributed by atoms with van der Waals surface area (Å²) in [5.74, 6) is -3.32. The molecule has 1 amide bonds. The van der Waals surface area contributed by atoms with Crippen LogP contribution in [-0.2, 0) is 25.3 Å². The Morgan fingerprint density at radius 1 is 1.33 bits per heavy atom. The number of nitrogens with zero attached hydrogens (tertiary/aromatic N) is 3. The van der Waals surface area contributed by atoms with Gasteiger partial charge >= 0.3 is 5.97 Å². The van der Waals surface area contributed by atoms with Crippen molar-refractivity contribution in [2.75, 3.05) is 31.7 Å². The first-order valence-electron chi connectivity index (χ1n) is 9.88. The highest BCUT2D eigenvalue weighted by Crippen LogP contribution is 2.31. The molecular weight excluding hydrogens is 455 g/mol. The summed E-state index contributed by atoms with van der Waals surface area (Å²) in [6.45, 7) is 1.95. The molecule has 2 aromatic rings. The lowest BCUT2D eigenvalue weighted by atomic mass is 9.98. The third-order valence-electron chi connectivity index (χ3n) is 4.89. The van der Waals surface area contributed by atoms with Gasteiger partial charge in [-0.2, -0.15) is 10.2 Å². The number of hydrogen-bond acceptors (Lipinski definition) is 9. The molecule has 12 heteroatoms. The highest BCUT2D eigenvalue weighted by atomic mass is 32.2. The van der Waals surface area contributed by atoms with Gasteiger partial charge in [0, 0.05) is 18.7 Å². The Hall–Kier alpha value is -3.72. The number of halogens is 1. The second-order valence-corrected chi connectivity index (χ2v) is 8.89. The van der Waals surface area contributed by atoms with Crippen molar-refractivity contribution in [3.8, 4) is 11.9 Å². The van der Waals surface area contributed by atoms with Crippen molar-refractivity contribution in [3.05, 3.63) is 52.8 Å². The molecule has 1 saturated heterocycles. The second kappa shape index (κ2) is 9.83. The average Bonchev–Trinajstić information content (AvgIpc) is 2.73. The van der Waals surface area contributed by atoms with E-state index in [1.165, 1.54) is 31.4 Å². The van der Waals surface area contributed by atoms with Gasteiger partial charge in [-0.05, 0) is 19.1 Å². The quantitative estimate of drug-likeness (QED) is 0.560. The van der Waals surface area contributed by atoms with Gasteiger partial charge in [-0.1, -0.05) is 18.2 Å². The van der Waals surface area contributed by atoms with E-state index in [4.69, 9.17) is 9.47 Å². The molecule has 1 aliphatic rings. The number of nitriles is 1. The summed E-state index contributed by atoms with van der Waals surface area (Å²) in [6, 6.07) is 8.64. The molecule has 1 fully saturated rings. The molecule has 174 valence electrons. The molecule has 1 N–H and O–H groups in total. The summed E-state index contributed by atoms with van der Waals surface area (Å²) in [6.07, 6.45) is 0. The lowest BCUT2D eigenvalue weighted by Crippen LogP contribution is -2.55. The molecule has 0 unspecified atom stereocenters. The Bertz CT molecular complexity index is 1220. The van der Waals surface area contributed by atoms with E-state index in [-0.39, 0.29) is 48.1 Å². The molecule has 0 aliphatic carbocycles. The smallest absolute Gasteiger partial charge is 0.343 e. The highest BCUT2D eigenvalue weighted by Gasteiger charge is 2.37.